The molecular formula is C12H14N6O3. The molecule has 1 fully saturated rings. The molecule has 2 aromatic rings. The molecule has 0 aliphatic carbocycles. The van der Waals surface area contributed by atoms with Crippen LogP contribution < -0.4 is 5.73 Å². The van der Waals surface area contributed by atoms with E-state index in [4.69, 9.17) is 10.5 Å². The second kappa shape index (κ2) is 4.63. The van der Waals surface area contributed by atoms with Crippen molar-refractivity contribution in [2.24, 2.45) is 5.41 Å². The molecule has 3 rings (SSSR count). The Labute approximate surface area is 119 Å². The number of nitrogens with zero attached hydrogens (tertiary/aromatic N) is 5. The molecule has 21 heavy (non-hydrogen) atoms. The highest BCUT2D eigenvalue weighted by atomic mass is 16.5. The number of anilines is 1. The van der Waals surface area contributed by atoms with E-state index < -0.39 is 30.5 Å². The molecule has 1 aliphatic heterocycles. The van der Waals surface area contributed by atoms with Gasteiger partial charge in [0.1, 0.15) is 29.5 Å². The minimum atomic E-state index is -1.25. The highest BCUT2D eigenvalue weighted by molar-refractivity contribution is 5.81. The average Bonchev–Trinajstić information content (AvgIpc) is 3.01. The minimum absolute atomic E-state index is 0.217. The van der Waals surface area contributed by atoms with Gasteiger partial charge in [-0.05, 0) is 6.92 Å². The Kier molecular flexibility index (Phi) is 3.02. The number of ether oxygens (including phenoxy) is 1. The molecule has 9 heteroatoms. The van der Waals surface area contributed by atoms with E-state index >= 15 is 0 Å². The third-order valence-corrected chi connectivity index (χ3v) is 3.84. The van der Waals surface area contributed by atoms with Crippen LogP contribution in [0.25, 0.3) is 11.2 Å². The zero-order valence-electron chi connectivity index (χ0n) is 11.2. The lowest BCUT2D eigenvalue weighted by Crippen LogP contribution is -2.37. The lowest BCUT2D eigenvalue weighted by molar-refractivity contribution is -0.0469. The van der Waals surface area contributed by atoms with E-state index in [1.165, 1.54) is 17.2 Å². The summed E-state index contributed by atoms with van der Waals surface area (Å²) in [5.74, 6) is 0.217. The molecule has 4 N–H and O–H groups in total. The van der Waals surface area contributed by atoms with Crippen molar-refractivity contribution in [1.29, 1.82) is 5.26 Å². The fourth-order valence-corrected chi connectivity index (χ4v) is 2.57. The van der Waals surface area contributed by atoms with Gasteiger partial charge in [0.2, 0.25) is 0 Å². The van der Waals surface area contributed by atoms with E-state index in [9.17, 15) is 15.5 Å². The number of hydrogen-bond donors (Lipinski definition) is 3. The standard InChI is InChI=1S/C12H14N6O3/c1-12(3-13)8(20)6(2-19)21-11(12)18-5-17-7-9(14)15-4-16-10(7)18/h4-6,8,11,19-20H,2H2,1H3,(H2,14,15,16)/t6-,8-,11+,12-/m1/s1. The molecule has 0 amide bonds. The quantitative estimate of drug-likeness (QED) is 0.651. The maximum Gasteiger partial charge on any atom is 0.167 e. The number of fused-ring (bicyclic) bond motifs is 1. The fourth-order valence-electron chi connectivity index (χ4n) is 2.57. The van der Waals surface area contributed by atoms with Gasteiger partial charge in [-0.3, -0.25) is 4.57 Å². The molecule has 9 nitrogen and oxygen atoms in total. The lowest BCUT2D eigenvalue weighted by atomic mass is 9.84. The summed E-state index contributed by atoms with van der Waals surface area (Å²) in [5.41, 5.74) is 5.27. The highest BCUT2D eigenvalue weighted by Gasteiger charge is 2.54. The van der Waals surface area contributed by atoms with Gasteiger partial charge in [0, 0.05) is 0 Å². The van der Waals surface area contributed by atoms with E-state index in [-0.39, 0.29) is 5.82 Å². The predicted molar refractivity (Wildman–Crippen MR) is 70.5 cm³/mol. The van der Waals surface area contributed by atoms with Crippen molar-refractivity contribution in [3.05, 3.63) is 12.7 Å². The monoisotopic (exact) mass is 290 g/mol. The van der Waals surface area contributed by atoms with E-state index in [2.05, 4.69) is 21.0 Å². The first kappa shape index (κ1) is 13.7. The fraction of sp³-hybridized carbons (Fsp3) is 0.500. The van der Waals surface area contributed by atoms with Gasteiger partial charge in [0.15, 0.2) is 17.7 Å². The molecule has 0 radical (unpaired) electrons. The van der Waals surface area contributed by atoms with Crippen LogP contribution in [0, 0.1) is 16.7 Å². The van der Waals surface area contributed by atoms with Crippen LogP contribution in [-0.4, -0.2) is 48.5 Å². The van der Waals surface area contributed by atoms with E-state index in [0.29, 0.717) is 11.2 Å². The van der Waals surface area contributed by atoms with Gasteiger partial charge in [-0.1, -0.05) is 0 Å². The molecule has 0 unspecified atom stereocenters. The Hall–Kier alpha value is -2.28. The largest absolute Gasteiger partial charge is 0.394 e. The maximum absolute atomic E-state index is 10.2. The van der Waals surface area contributed by atoms with Crippen molar-refractivity contribution in [1.82, 2.24) is 19.5 Å². The first-order valence-electron chi connectivity index (χ1n) is 6.31. The van der Waals surface area contributed by atoms with Crippen LogP contribution in [0.3, 0.4) is 0 Å². The van der Waals surface area contributed by atoms with Crippen LogP contribution in [0.5, 0.6) is 0 Å². The predicted octanol–water partition coefficient (Wildman–Crippen LogP) is -0.811. The highest BCUT2D eigenvalue weighted by Crippen LogP contribution is 2.45. The van der Waals surface area contributed by atoms with E-state index in [1.54, 1.807) is 6.92 Å². The van der Waals surface area contributed by atoms with Crippen LogP contribution in [0.4, 0.5) is 5.82 Å². The zero-order valence-corrected chi connectivity index (χ0v) is 11.2. The molecule has 4 atom stereocenters. The molecular weight excluding hydrogens is 276 g/mol. The molecule has 1 saturated heterocycles. The molecule has 1 aliphatic rings. The number of aromatic nitrogens is 4. The smallest absolute Gasteiger partial charge is 0.167 e. The Morgan fingerprint density at radius 2 is 2.29 bits per heavy atom. The summed E-state index contributed by atoms with van der Waals surface area (Å²) in [5, 5.41) is 28.9. The molecule has 2 aromatic heterocycles. The Morgan fingerprint density at radius 3 is 2.95 bits per heavy atom. The summed E-state index contributed by atoms with van der Waals surface area (Å²) in [6, 6.07) is 2.06. The van der Waals surface area contributed by atoms with Crippen molar-refractivity contribution >= 4 is 17.0 Å². The molecule has 0 spiro atoms. The number of imidazole rings is 1. The van der Waals surface area contributed by atoms with Crippen LogP contribution in [0.2, 0.25) is 0 Å². The van der Waals surface area contributed by atoms with Crippen LogP contribution in [-0.2, 0) is 4.74 Å². The first-order valence-corrected chi connectivity index (χ1v) is 6.31. The van der Waals surface area contributed by atoms with Gasteiger partial charge in [-0.2, -0.15) is 5.26 Å². The summed E-state index contributed by atoms with van der Waals surface area (Å²) >= 11 is 0. The number of hydrogen-bond acceptors (Lipinski definition) is 8. The number of nitrogen functional groups attached to an aromatic ring is 1. The topological polar surface area (TPSA) is 143 Å². The van der Waals surface area contributed by atoms with E-state index in [0.717, 1.165) is 0 Å². The number of aliphatic hydroxyl groups is 2. The number of nitrogens with two attached hydrogens (primary N) is 1. The molecule has 0 aromatic carbocycles. The van der Waals surface area contributed by atoms with Crippen molar-refractivity contribution in [2.45, 2.75) is 25.4 Å². The summed E-state index contributed by atoms with van der Waals surface area (Å²) in [7, 11) is 0. The Balaban J connectivity index is 2.14. The molecule has 0 bridgehead atoms. The second-order valence-corrected chi connectivity index (χ2v) is 5.13. The van der Waals surface area contributed by atoms with Gasteiger partial charge in [-0.25, -0.2) is 15.0 Å². The summed E-state index contributed by atoms with van der Waals surface area (Å²) in [4.78, 5) is 12.1. The van der Waals surface area contributed by atoms with Crippen LogP contribution in [0.15, 0.2) is 12.7 Å². The zero-order chi connectivity index (χ0) is 15.2. The normalized spacial score (nSPS) is 32.4. The third kappa shape index (κ3) is 1.77. The molecule has 0 saturated carbocycles. The number of aliphatic hydroxyl groups excluding tert-OH is 2. The summed E-state index contributed by atoms with van der Waals surface area (Å²) in [6.45, 7) is 1.17. The molecule has 3 heterocycles. The van der Waals surface area contributed by atoms with Crippen molar-refractivity contribution in [3.8, 4) is 6.07 Å². The number of rotatable bonds is 2. The summed E-state index contributed by atoms with van der Waals surface area (Å²) < 4.78 is 7.14. The first-order chi connectivity index (χ1) is 10.0. The maximum atomic E-state index is 10.2. The second-order valence-electron chi connectivity index (χ2n) is 5.13. The minimum Gasteiger partial charge on any atom is -0.394 e. The Morgan fingerprint density at radius 1 is 1.52 bits per heavy atom. The van der Waals surface area contributed by atoms with Gasteiger partial charge >= 0.3 is 0 Å². The van der Waals surface area contributed by atoms with Gasteiger partial charge in [-0.15, -0.1) is 0 Å². The van der Waals surface area contributed by atoms with Crippen LogP contribution in [0.1, 0.15) is 13.2 Å². The van der Waals surface area contributed by atoms with Crippen molar-refractivity contribution in [2.75, 3.05) is 12.3 Å². The lowest BCUT2D eigenvalue weighted by Gasteiger charge is -2.25. The van der Waals surface area contributed by atoms with Crippen LogP contribution >= 0.6 is 0 Å². The number of nitriles is 1. The van der Waals surface area contributed by atoms with Crippen molar-refractivity contribution in [3.63, 3.8) is 0 Å². The van der Waals surface area contributed by atoms with Gasteiger partial charge in [0.25, 0.3) is 0 Å². The Bertz CT molecular complexity index is 725. The van der Waals surface area contributed by atoms with Crippen molar-refractivity contribution < 1.29 is 14.9 Å². The third-order valence-electron chi connectivity index (χ3n) is 3.84. The SMILES string of the molecule is C[C@@]1(C#N)[C@H](O)[C@@H](CO)O[C@@H]1n1cnc2c(N)ncnc21. The van der Waals surface area contributed by atoms with Gasteiger partial charge in [0.05, 0.1) is 19.0 Å². The van der Waals surface area contributed by atoms with E-state index in [1.807, 2.05) is 0 Å². The van der Waals surface area contributed by atoms with Gasteiger partial charge < -0.3 is 20.7 Å². The molecule has 110 valence electrons. The average molecular weight is 290 g/mol. The summed E-state index contributed by atoms with van der Waals surface area (Å²) in [6.07, 6.45) is -0.101.